The number of anilines is 2. The van der Waals surface area contributed by atoms with Gasteiger partial charge in [0.25, 0.3) is 11.8 Å². The van der Waals surface area contributed by atoms with Gasteiger partial charge in [0.05, 0.1) is 5.69 Å². The molecule has 30 heavy (non-hydrogen) atoms. The maximum absolute atomic E-state index is 13.0. The van der Waals surface area contributed by atoms with Crippen molar-refractivity contribution >= 4 is 40.7 Å². The summed E-state index contributed by atoms with van der Waals surface area (Å²) in [5.41, 5.74) is 3.93. The molecule has 0 unspecified atom stereocenters. The van der Waals surface area contributed by atoms with Crippen LogP contribution in [0.4, 0.5) is 11.4 Å². The van der Waals surface area contributed by atoms with Crippen molar-refractivity contribution in [2.24, 2.45) is 10.3 Å². The summed E-state index contributed by atoms with van der Waals surface area (Å²) in [5, 5.41) is 12.4. The molecule has 1 saturated heterocycles. The van der Waals surface area contributed by atoms with Crippen molar-refractivity contribution < 1.29 is 14.4 Å². The van der Waals surface area contributed by atoms with E-state index >= 15 is 0 Å². The molecular formula is C21H20ClN5O3. The number of hydrogen-bond donors (Lipinski definition) is 1. The summed E-state index contributed by atoms with van der Waals surface area (Å²) in [5.74, 6) is -1.31. The van der Waals surface area contributed by atoms with Crippen LogP contribution in [0.1, 0.15) is 16.7 Å². The zero-order valence-electron chi connectivity index (χ0n) is 16.7. The average Bonchev–Trinajstić information content (AvgIpc) is 3.17. The quantitative estimate of drug-likeness (QED) is 0.761. The van der Waals surface area contributed by atoms with Gasteiger partial charge in [0.2, 0.25) is 5.91 Å². The number of hydrogen-bond acceptors (Lipinski definition) is 6. The summed E-state index contributed by atoms with van der Waals surface area (Å²) < 4.78 is 0. The summed E-state index contributed by atoms with van der Waals surface area (Å²) in [4.78, 5) is 39.4. The smallest absolute Gasteiger partial charge is 0.263 e. The zero-order chi connectivity index (χ0) is 21.6. The fourth-order valence-corrected chi connectivity index (χ4v) is 3.90. The minimum atomic E-state index is -0.966. The van der Waals surface area contributed by atoms with Crippen LogP contribution in [0.25, 0.3) is 0 Å². The van der Waals surface area contributed by atoms with Crippen molar-refractivity contribution in [1.29, 1.82) is 0 Å². The average molecular weight is 426 g/mol. The van der Waals surface area contributed by atoms with E-state index < -0.39 is 23.9 Å². The monoisotopic (exact) mass is 425 g/mol. The van der Waals surface area contributed by atoms with Gasteiger partial charge in [-0.3, -0.25) is 19.4 Å². The van der Waals surface area contributed by atoms with Crippen LogP contribution in [0.2, 0.25) is 5.02 Å². The number of carbonyl (C=O) groups is 3. The fraction of sp³-hybridized carbons (Fsp3) is 0.286. The van der Waals surface area contributed by atoms with Gasteiger partial charge in [0.1, 0.15) is 6.54 Å². The van der Waals surface area contributed by atoms with E-state index in [1.807, 2.05) is 39.0 Å². The van der Waals surface area contributed by atoms with Crippen LogP contribution in [0.15, 0.2) is 46.7 Å². The third-order valence-corrected chi connectivity index (χ3v) is 5.49. The van der Waals surface area contributed by atoms with Crippen molar-refractivity contribution in [3.8, 4) is 0 Å². The first-order chi connectivity index (χ1) is 14.2. The normalized spacial score (nSPS) is 20.1. The van der Waals surface area contributed by atoms with Crippen LogP contribution in [-0.4, -0.2) is 41.4 Å². The molecule has 0 radical (unpaired) electrons. The molecule has 0 aliphatic carbocycles. The molecule has 2 aliphatic rings. The SMILES string of the molecule is Cc1cc(C)cc(NC(=O)CN2N=N[C@H]3C(=O)N(c4ccc(C)c(Cl)c4)C(=O)[C@@H]32)c1. The minimum Gasteiger partial charge on any atom is -0.324 e. The number of nitrogens with one attached hydrogen (secondary N) is 1. The first-order valence-corrected chi connectivity index (χ1v) is 9.82. The summed E-state index contributed by atoms with van der Waals surface area (Å²) >= 11 is 6.15. The predicted molar refractivity (Wildman–Crippen MR) is 112 cm³/mol. The Labute approximate surface area is 178 Å². The number of fused-ring (bicyclic) bond motifs is 1. The highest BCUT2D eigenvalue weighted by molar-refractivity contribution is 6.32. The summed E-state index contributed by atoms with van der Waals surface area (Å²) in [7, 11) is 0. The highest BCUT2D eigenvalue weighted by Gasteiger charge is 2.55. The largest absolute Gasteiger partial charge is 0.324 e. The third-order valence-electron chi connectivity index (χ3n) is 5.08. The van der Waals surface area contributed by atoms with Crippen LogP contribution >= 0.6 is 11.6 Å². The van der Waals surface area contributed by atoms with E-state index in [0.29, 0.717) is 16.4 Å². The molecule has 1 fully saturated rings. The van der Waals surface area contributed by atoms with Crippen molar-refractivity contribution in [2.45, 2.75) is 32.9 Å². The lowest BCUT2D eigenvalue weighted by Gasteiger charge is -2.20. The van der Waals surface area contributed by atoms with Gasteiger partial charge in [0, 0.05) is 10.7 Å². The molecule has 2 aliphatic heterocycles. The Bertz CT molecular complexity index is 1080. The predicted octanol–water partition coefficient (Wildman–Crippen LogP) is 3.20. The van der Waals surface area contributed by atoms with E-state index in [1.54, 1.807) is 18.2 Å². The van der Waals surface area contributed by atoms with E-state index in [9.17, 15) is 14.4 Å². The van der Waals surface area contributed by atoms with Gasteiger partial charge in [-0.2, -0.15) is 5.11 Å². The molecule has 3 amide bonds. The lowest BCUT2D eigenvalue weighted by Crippen LogP contribution is -2.43. The number of halogens is 1. The molecule has 0 saturated carbocycles. The zero-order valence-corrected chi connectivity index (χ0v) is 17.5. The molecule has 154 valence electrons. The highest BCUT2D eigenvalue weighted by Crippen LogP contribution is 2.33. The molecule has 2 heterocycles. The van der Waals surface area contributed by atoms with E-state index in [2.05, 4.69) is 15.7 Å². The van der Waals surface area contributed by atoms with Crippen LogP contribution in [0.5, 0.6) is 0 Å². The molecule has 9 heteroatoms. The number of aryl methyl sites for hydroxylation is 3. The van der Waals surface area contributed by atoms with Crippen LogP contribution < -0.4 is 10.2 Å². The standard InChI is InChI=1S/C21H20ClN5O3/c1-11-6-12(2)8-14(7-11)23-17(28)10-26-19-18(24-25-26)20(29)27(21(19)30)15-5-4-13(3)16(22)9-15/h4-9,18-19H,10H2,1-3H3,(H,23,28)/t18-,19-/m1/s1. The Morgan fingerprint density at radius 2 is 1.77 bits per heavy atom. The summed E-state index contributed by atoms with van der Waals surface area (Å²) in [6.07, 6.45) is 0. The van der Waals surface area contributed by atoms with E-state index in [0.717, 1.165) is 21.6 Å². The van der Waals surface area contributed by atoms with E-state index in [-0.39, 0.29) is 12.5 Å². The van der Waals surface area contributed by atoms with Crippen molar-refractivity contribution in [2.75, 3.05) is 16.8 Å². The van der Waals surface area contributed by atoms with Gasteiger partial charge in [0.15, 0.2) is 12.1 Å². The van der Waals surface area contributed by atoms with Crippen molar-refractivity contribution in [1.82, 2.24) is 5.01 Å². The Morgan fingerprint density at radius 3 is 2.43 bits per heavy atom. The second kappa shape index (κ2) is 7.53. The second-order valence-electron chi connectivity index (χ2n) is 7.56. The Balaban J connectivity index is 1.50. The van der Waals surface area contributed by atoms with Crippen LogP contribution in [0.3, 0.4) is 0 Å². The molecule has 4 rings (SSSR count). The number of amides is 3. The molecule has 2 aromatic carbocycles. The first kappa shape index (κ1) is 20.0. The molecule has 8 nitrogen and oxygen atoms in total. The first-order valence-electron chi connectivity index (χ1n) is 9.44. The highest BCUT2D eigenvalue weighted by atomic mass is 35.5. The number of rotatable bonds is 4. The number of imide groups is 1. The number of nitrogens with zero attached hydrogens (tertiary/aromatic N) is 4. The number of carbonyl (C=O) groups excluding carboxylic acids is 3. The van der Waals surface area contributed by atoms with Gasteiger partial charge in [-0.05, 0) is 61.7 Å². The second-order valence-corrected chi connectivity index (χ2v) is 7.97. The van der Waals surface area contributed by atoms with E-state index in [4.69, 9.17) is 11.6 Å². The molecule has 2 atom stereocenters. The Hall–Kier alpha value is -3.26. The molecule has 1 N–H and O–H groups in total. The molecular weight excluding hydrogens is 406 g/mol. The molecule has 0 aromatic heterocycles. The number of benzene rings is 2. The third kappa shape index (κ3) is 3.54. The summed E-state index contributed by atoms with van der Waals surface area (Å²) in [6.45, 7) is 5.52. The van der Waals surface area contributed by atoms with Crippen molar-refractivity contribution in [3.63, 3.8) is 0 Å². The topological polar surface area (TPSA) is 94.4 Å². The van der Waals surface area contributed by atoms with Gasteiger partial charge >= 0.3 is 0 Å². The lowest BCUT2D eigenvalue weighted by molar-refractivity contribution is -0.123. The van der Waals surface area contributed by atoms with Gasteiger partial charge in [-0.15, -0.1) is 0 Å². The van der Waals surface area contributed by atoms with Crippen molar-refractivity contribution in [3.05, 3.63) is 58.1 Å². The Morgan fingerprint density at radius 1 is 1.07 bits per heavy atom. The van der Waals surface area contributed by atoms with Crippen LogP contribution in [0, 0.1) is 20.8 Å². The summed E-state index contributed by atoms with van der Waals surface area (Å²) in [6, 6.07) is 8.77. The molecule has 0 spiro atoms. The van der Waals surface area contributed by atoms with Crippen LogP contribution in [-0.2, 0) is 14.4 Å². The lowest BCUT2D eigenvalue weighted by atomic mass is 10.1. The van der Waals surface area contributed by atoms with Gasteiger partial charge < -0.3 is 5.32 Å². The van der Waals surface area contributed by atoms with Gasteiger partial charge in [-0.1, -0.05) is 29.0 Å². The van der Waals surface area contributed by atoms with E-state index in [1.165, 1.54) is 5.01 Å². The maximum Gasteiger partial charge on any atom is 0.263 e. The maximum atomic E-state index is 13.0. The molecule has 2 aromatic rings. The molecule has 0 bridgehead atoms. The Kier molecular flexibility index (Phi) is 5.03. The minimum absolute atomic E-state index is 0.195. The fourth-order valence-electron chi connectivity index (χ4n) is 3.72. The van der Waals surface area contributed by atoms with Gasteiger partial charge in [-0.25, -0.2) is 4.90 Å².